The van der Waals surface area contributed by atoms with Gasteiger partial charge >= 0.3 is 5.97 Å². The van der Waals surface area contributed by atoms with Crippen LogP contribution in [0.3, 0.4) is 0 Å². The van der Waals surface area contributed by atoms with Crippen molar-refractivity contribution in [1.82, 2.24) is 9.78 Å². The smallest absolute Gasteiger partial charge is 0.329 e. The maximum atomic E-state index is 14.8. The molecule has 0 aliphatic heterocycles. The Balaban J connectivity index is 1.60. The molecule has 1 aliphatic carbocycles. The summed E-state index contributed by atoms with van der Waals surface area (Å²) in [5.41, 5.74) is 1.65. The molecule has 0 amide bonds. The molecule has 6 nitrogen and oxygen atoms in total. The predicted molar refractivity (Wildman–Crippen MR) is 122 cm³/mol. The van der Waals surface area contributed by atoms with Crippen molar-refractivity contribution in [3.8, 4) is 22.4 Å². The van der Waals surface area contributed by atoms with E-state index in [1.807, 2.05) is 30.3 Å². The van der Waals surface area contributed by atoms with E-state index in [0.717, 1.165) is 43.9 Å². The lowest BCUT2D eigenvalue weighted by Crippen LogP contribution is -2.23. The summed E-state index contributed by atoms with van der Waals surface area (Å²) in [5.74, 6) is -1.64. The summed E-state index contributed by atoms with van der Waals surface area (Å²) >= 11 is 0. The summed E-state index contributed by atoms with van der Waals surface area (Å²) in [6.45, 7) is 0.604. The average molecular weight is 469 g/mol. The Kier molecular flexibility index (Phi) is 7.47. The van der Waals surface area contributed by atoms with E-state index in [1.54, 1.807) is 4.68 Å². The van der Waals surface area contributed by atoms with E-state index in [4.69, 9.17) is 9.84 Å². The highest BCUT2D eigenvalue weighted by atomic mass is 19.1. The zero-order chi connectivity index (χ0) is 24.1. The molecule has 0 unspecified atom stereocenters. The lowest BCUT2D eigenvalue weighted by Gasteiger charge is -2.28. The number of halogens is 2. The molecule has 1 saturated carbocycles. The van der Waals surface area contributed by atoms with Crippen molar-refractivity contribution in [3.63, 3.8) is 0 Å². The number of hydrogen-bond donors (Lipinski definition) is 1. The molecule has 1 fully saturated rings. The second-order valence-electron chi connectivity index (χ2n) is 8.69. The number of carbonyl (C=O) groups excluding carboxylic acids is 1. The largest absolute Gasteiger partial charge is 0.480 e. The molecule has 1 aliphatic rings. The van der Waals surface area contributed by atoms with Crippen LogP contribution in [0.1, 0.15) is 36.2 Å². The van der Waals surface area contributed by atoms with Crippen molar-refractivity contribution in [1.29, 1.82) is 0 Å². The van der Waals surface area contributed by atoms with Gasteiger partial charge in [-0.2, -0.15) is 5.10 Å². The van der Waals surface area contributed by atoms with Gasteiger partial charge in [0, 0.05) is 23.2 Å². The fraction of sp³-hybridized carbons (Fsp3) is 0.346. The molecule has 178 valence electrons. The summed E-state index contributed by atoms with van der Waals surface area (Å²) in [6, 6.07) is 12.3. The number of ether oxygens (including phenoxy) is 1. The lowest BCUT2D eigenvalue weighted by atomic mass is 9.82. The summed E-state index contributed by atoms with van der Waals surface area (Å²) in [5, 5.41) is 13.4. The van der Waals surface area contributed by atoms with E-state index in [0.29, 0.717) is 36.6 Å². The highest BCUT2D eigenvalue weighted by Crippen LogP contribution is 2.37. The van der Waals surface area contributed by atoms with Crippen molar-refractivity contribution in [3.05, 3.63) is 65.9 Å². The van der Waals surface area contributed by atoms with Crippen LogP contribution in [-0.4, -0.2) is 40.4 Å². The van der Waals surface area contributed by atoms with Crippen molar-refractivity contribution < 1.29 is 28.2 Å². The molecule has 2 aromatic carbocycles. The van der Waals surface area contributed by atoms with Crippen molar-refractivity contribution in [2.75, 3.05) is 13.2 Å². The van der Waals surface area contributed by atoms with Gasteiger partial charge in [-0.25, -0.2) is 13.6 Å². The van der Waals surface area contributed by atoms with Crippen molar-refractivity contribution in [2.24, 2.45) is 11.8 Å². The van der Waals surface area contributed by atoms with Crippen LogP contribution in [0, 0.1) is 23.5 Å². The predicted octanol–water partition coefficient (Wildman–Crippen LogP) is 5.22. The van der Waals surface area contributed by atoms with Crippen LogP contribution in [0.25, 0.3) is 22.4 Å². The number of benzene rings is 2. The Morgan fingerprint density at radius 3 is 2.47 bits per heavy atom. The lowest BCUT2D eigenvalue weighted by molar-refractivity contribution is -0.142. The van der Waals surface area contributed by atoms with E-state index in [-0.39, 0.29) is 29.3 Å². The zero-order valence-electron chi connectivity index (χ0n) is 18.6. The molecule has 0 radical (unpaired) electrons. The topological polar surface area (TPSA) is 81.4 Å². The first kappa shape index (κ1) is 23.8. The minimum absolute atomic E-state index is 0.00601. The molecule has 1 aromatic heterocycles. The summed E-state index contributed by atoms with van der Waals surface area (Å²) in [7, 11) is 0. The van der Waals surface area contributed by atoms with Crippen molar-refractivity contribution in [2.45, 2.75) is 32.2 Å². The third-order valence-electron chi connectivity index (χ3n) is 6.32. The number of aliphatic carboxylic acids is 1. The van der Waals surface area contributed by atoms with E-state index < -0.39 is 17.6 Å². The van der Waals surface area contributed by atoms with Gasteiger partial charge in [-0.05, 0) is 55.7 Å². The molecule has 1 heterocycles. The molecular formula is C26H26F2N2O4. The number of carboxylic acid groups (broad SMARTS) is 1. The Morgan fingerprint density at radius 1 is 1.09 bits per heavy atom. The van der Waals surface area contributed by atoms with Gasteiger partial charge in [-0.1, -0.05) is 30.3 Å². The number of carbonyl (C=O) groups is 2. The van der Waals surface area contributed by atoms with Gasteiger partial charge in [0.15, 0.2) is 6.29 Å². The molecule has 4 rings (SSSR count). The third-order valence-corrected chi connectivity index (χ3v) is 6.32. The van der Waals surface area contributed by atoms with Crippen LogP contribution >= 0.6 is 0 Å². The minimum atomic E-state index is -0.978. The van der Waals surface area contributed by atoms with Gasteiger partial charge in [-0.3, -0.25) is 9.48 Å². The number of carboxylic acids is 1. The number of aldehydes is 1. The van der Waals surface area contributed by atoms with E-state index in [9.17, 15) is 18.4 Å². The SMILES string of the molecule is O=Cc1c(-c2cc(F)ccc2F)c(-c2ccccc2)nn1CC1CCC(COCC(=O)O)CC1. The van der Waals surface area contributed by atoms with Crippen LogP contribution in [0.15, 0.2) is 48.5 Å². The zero-order valence-corrected chi connectivity index (χ0v) is 18.6. The molecule has 34 heavy (non-hydrogen) atoms. The van der Waals surface area contributed by atoms with Crippen LogP contribution < -0.4 is 0 Å². The molecule has 1 N–H and O–H groups in total. The highest BCUT2D eigenvalue weighted by Gasteiger charge is 2.27. The summed E-state index contributed by atoms with van der Waals surface area (Å²) < 4.78 is 35.6. The van der Waals surface area contributed by atoms with Gasteiger partial charge in [0.05, 0.1) is 6.61 Å². The minimum Gasteiger partial charge on any atom is -0.480 e. The standard InChI is InChI=1S/C26H26F2N2O4/c27-20-10-11-22(28)21(12-20)25-23(14-31)30(29-26(25)19-4-2-1-3-5-19)13-17-6-8-18(9-7-17)15-34-16-24(32)33/h1-5,10-12,14,17-18H,6-9,13,15-16H2,(H,32,33). The second-order valence-corrected chi connectivity index (χ2v) is 8.69. The Morgan fingerprint density at radius 2 is 1.79 bits per heavy atom. The molecule has 8 heteroatoms. The van der Waals surface area contributed by atoms with Crippen LogP contribution in [0.5, 0.6) is 0 Å². The van der Waals surface area contributed by atoms with Crippen molar-refractivity contribution >= 4 is 12.3 Å². The van der Waals surface area contributed by atoms with Gasteiger partial charge in [-0.15, -0.1) is 0 Å². The maximum Gasteiger partial charge on any atom is 0.329 e. The van der Waals surface area contributed by atoms with Gasteiger partial charge < -0.3 is 9.84 Å². The highest BCUT2D eigenvalue weighted by molar-refractivity contribution is 5.93. The van der Waals surface area contributed by atoms with Crippen LogP contribution in [0.4, 0.5) is 8.78 Å². The molecular weight excluding hydrogens is 442 g/mol. The maximum absolute atomic E-state index is 14.8. The van der Waals surface area contributed by atoms with E-state index in [2.05, 4.69) is 5.10 Å². The number of aromatic nitrogens is 2. The van der Waals surface area contributed by atoms with Gasteiger partial charge in [0.25, 0.3) is 0 Å². The van der Waals surface area contributed by atoms with Crippen LogP contribution in [0.2, 0.25) is 0 Å². The molecule has 3 aromatic rings. The average Bonchev–Trinajstić information content (AvgIpc) is 3.20. The first-order chi connectivity index (χ1) is 16.5. The second kappa shape index (κ2) is 10.7. The fourth-order valence-corrected chi connectivity index (χ4v) is 4.62. The Labute approximate surface area is 196 Å². The van der Waals surface area contributed by atoms with Gasteiger partial charge in [0.1, 0.15) is 29.6 Å². The quantitative estimate of drug-likeness (QED) is 0.436. The normalized spacial score (nSPS) is 18.1. The van der Waals surface area contributed by atoms with E-state index in [1.165, 1.54) is 0 Å². The molecule has 0 saturated heterocycles. The Bertz CT molecular complexity index is 1160. The first-order valence-corrected chi connectivity index (χ1v) is 11.3. The fourth-order valence-electron chi connectivity index (χ4n) is 4.62. The number of rotatable bonds is 9. The molecule has 0 bridgehead atoms. The third kappa shape index (κ3) is 5.39. The van der Waals surface area contributed by atoms with E-state index >= 15 is 0 Å². The molecule has 0 spiro atoms. The molecule has 0 atom stereocenters. The number of hydrogen-bond acceptors (Lipinski definition) is 4. The van der Waals surface area contributed by atoms with Crippen LogP contribution in [-0.2, 0) is 16.1 Å². The van der Waals surface area contributed by atoms with Gasteiger partial charge in [0.2, 0.25) is 0 Å². The monoisotopic (exact) mass is 468 g/mol. The number of nitrogens with zero attached hydrogens (tertiary/aromatic N) is 2. The first-order valence-electron chi connectivity index (χ1n) is 11.3. The summed E-state index contributed by atoms with van der Waals surface area (Å²) in [4.78, 5) is 22.8. The summed E-state index contributed by atoms with van der Waals surface area (Å²) in [6.07, 6.45) is 4.19. The Hall–Kier alpha value is -3.39.